The highest BCUT2D eigenvalue weighted by molar-refractivity contribution is 5.92. The van der Waals surface area contributed by atoms with Crippen LogP contribution in [0.25, 0.3) is 0 Å². The SMILES string of the molecule is O=C(c1ccnc(Nc2ccc(F)c(F)c2F)n1)N1CCCCC1. The minimum Gasteiger partial charge on any atom is -0.337 e. The van der Waals surface area contributed by atoms with Crippen molar-refractivity contribution in [1.29, 1.82) is 0 Å². The van der Waals surface area contributed by atoms with E-state index in [1.54, 1.807) is 4.90 Å². The Morgan fingerprint density at radius 2 is 1.79 bits per heavy atom. The van der Waals surface area contributed by atoms with E-state index in [9.17, 15) is 18.0 Å². The number of amides is 1. The van der Waals surface area contributed by atoms with Gasteiger partial charge in [-0.25, -0.2) is 23.1 Å². The second kappa shape index (κ2) is 6.86. The first-order valence-corrected chi connectivity index (χ1v) is 7.59. The number of likely N-dealkylation sites (tertiary alicyclic amines) is 1. The van der Waals surface area contributed by atoms with Crippen molar-refractivity contribution in [3.63, 3.8) is 0 Å². The highest BCUT2D eigenvalue weighted by Crippen LogP contribution is 2.22. The third kappa shape index (κ3) is 3.32. The standard InChI is InChI=1S/C16H15F3N4O/c17-10-4-5-11(14(19)13(10)18)21-16-20-7-6-12(22-16)15(24)23-8-2-1-3-9-23/h4-7H,1-3,8-9H2,(H,20,21,22). The molecule has 24 heavy (non-hydrogen) atoms. The molecule has 1 aliphatic rings. The smallest absolute Gasteiger partial charge is 0.272 e. The lowest BCUT2D eigenvalue weighted by atomic mass is 10.1. The summed E-state index contributed by atoms with van der Waals surface area (Å²) in [5.41, 5.74) is -0.145. The Morgan fingerprint density at radius 1 is 1.04 bits per heavy atom. The summed E-state index contributed by atoms with van der Waals surface area (Å²) in [4.78, 5) is 22.0. The number of carbonyl (C=O) groups is 1. The van der Waals surface area contributed by atoms with Gasteiger partial charge in [0, 0.05) is 19.3 Å². The van der Waals surface area contributed by atoms with E-state index in [1.807, 2.05) is 0 Å². The van der Waals surface area contributed by atoms with Gasteiger partial charge in [-0.3, -0.25) is 4.79 Å². The maximum absolute atomic E-state index is 13.7. The summed E-state index contributed by atoms with van der Waals surface area (Å²) < 4.78 is 39.9. The fourth-order valence-corrected chi connectivity index (χ4v) is 2.54. The highest BCUT2D eigenvalue weighted by atomic mass is 19.2. The Morgan fingerprint density at radius 3 is 2.54 bits per heavy atom. The molecule has 0 radical (unpaired) electrons. The summed E-state index contributed by atoms with van der Waals surface area (Å²) >= 11 is 0. The van der Waals surface area contributed by atoms with Gasteiger partial charge in [-0.05, 0) is 37.5 Å². The lowest BCUT2D eigenvalue weighted by Gasteiger charge is -2.26. The third-order valence-corrected chi connectivity index (χ3v) is 3.80. The number of piperidine rings is 1. The van der Waals surface area contributed by atoms with Crippen LogP contribution in [0.2, 0.25) is 0 Å². The molecular formula is C16H15F3N4O. The van der Waals surface area contributed by atoms with E-state index >= 15 is 0 Å². The van der Waals surface area contributed by atoms with Gasteiger partial charge in [0.15, 0.2) is 17.5 Å². The van der Waals surface area contributed by atoms with Crippen LogP contribution in [0.15, 0.2) is 24.4 Å². The molecule has 8 heteroatoms. The zero-order valence-corrected chi connectivity index (χ0v) is 12.7. The monoisotopic (exact) mass is 336 g/mol. The number of anilines is 2. The van der Waals surface area contributed by atoms with Crippen molar-refractivity contribution in [2.24, 2.45) is 0 Å². The van der Waals surface area contributed by atoms with E-state index in [0.29, 0.717) is 13.1 Å². The predicted molar refractivity (Wildman–Crippen MR) is 81.4 cm³/mol. The molecule has 0 saturated carbocycles. The molecule has 0 unspecified atom stereocenters. The van der Waals surface area contributed by atoms with Crippen molar-refractivity contribution in [3.8, 4) is 0 Å². The van der Waals surface area contributed by atoms with Crippen LogP contribution >= 0.6 is 0 Å². The van der Waals surface area contributed by atoms with E-state index in [4.69, 9.17) is 0 Å². The number of hydrogen-bond donors (Lipinski definition) is 1. The summed E-state index contributed by atoms with van der Waals surface area (Å²) in [5, 5.41) is 2.46. The Balaban J connectivity index is 1.80. The molecule has 1 amide bonds. The van der Waals surface area contributed by atoms with Gasteiger partial charge in [-0.1, -0.05) is 0 Å². The molecule has 1 aromatic carbocycles. The average Bonchev–Trinajstić information content (AvgIpc) is 2.62. The Hall–Kier alpha value is -2.64. The molecule has 1 fully saturated rings. The van der Waals surface area contributed by atoms with Crippen LogP contribution in [0.3, 0.4) is 0 Å². The zero-order chi connectivity index (χ0) is 17.1. The maximum atomic E-state index is 13.7. The van der Waals surface area contributed by atoms with Crippen LogP contribution in [-0.4, -0.2) is 33.9 Å². The van der Waals surface area contributed by atoms with Gasteiger partial charge >= 0.3 is 0 Å². The maximum Gasteiger partial charge on any atom is 0.272 e. The largest absolute Gasteiger partial charge is 0.337 e. The molecule has 1 aliphatic heterocycles. The molecule has 2 heterocycles. The van der Waals surface area contributed by atoms with Crippen LogP contribution in [0.1, 0.15) is 29.8 Å². The quantitative estimate of drug-likeness (QED) is 0.874. The molecule has 0 bridgehead atoms. The van der Waals surface area contributed by atoms with Crippen LogP contribution in [0, 0.1) is 17.5 Å². The fourth-order valence-electron chi connectivity index (χ4n) is 2.54. The van der Waals surface area contributed by atoms with E-state index in [2.05, 4.69) is 15.3 Å². The second-order valence-corrected chi connectivity index (χ2v) is 5.47. The van der Waals surface area contributed by atoms with Crippen molar-refractivity contribution in [1.82, 2.24) is 14.9 Å². The van der Waals surface area contributed by atoms with Crippen molar-refractivity contribution in [2.75, 3.05) is 18.4 Å². The summed E-state index contributed by atoms with van der Waals surface area (Å²) in [7, 11) is 0. The van der Waals surface area contributed by atoms with Crippen molar-refractivity contribution in [2.45, 2.75) is 19.3 Å². The molecule has 126 valence electrons. The molecule has 0 atom stereocenters. The topological polar surface area (TPSA) is 58.1 Å². The normalized spacial score (nSPS) is 14.5. The van der Waals surface area contributed by atoms with Gasteiger partial charge in [0.05, 0.1) is 5.69 Å². The summed E-state index contributed by atoms with van der Waals surface area (Å²) in [6.07, 6.45) is 4.34. The van der Waals surface area contributed by atoms with Crippen molar-refractivity contribution in [3.05, 3.63) is 47.5 Å². The first-order chi connectivity index (χ1) is 11.6. The van der Waals surface area contributed by atoms with E-state index in [-0.39, 0.29) is 23.2 Å². The summed E-state index contributed by atoms with van der Waals surface area (Å²) in [5.74, 6) is -4.53. The number of rotatable bonds is 3. The number of hydrogen-bond acceptors (Lipinski definition) is 4. The van der Waals surface area contributed by atoms with E-state index in [0.717, 1.165) is 31.4 Å². The number of aromatic nitrogens is 2. The first-order valence-electron chi connectivity index (χ1n) is 7.59. The molecule has 0 aliphatic carbocycles. The number of carbonyl (C=O) groups excluding carboxylic acids is 1. The van der Waals surface area contributed by atoms with Gasteiger partial charge in [-0.15, -0.1) is 0 Å². The highest BCUT2D eigenvalue weighted by Gasteiger charge is 2.20. The van der Waals surface area contributed by atoms with Crippen LogP contribution in [0.4, 0.5) is 24.8 Å². The molecule has 1 N–H and O–H groups in total. The van der Waals surface area contributed by atoms with Crippen molar-refractivity contribution < 1.29 is 18.0 Å². The lowest BCUT2D eigenvalue weighted by molar-refractivity contribution is 0.0718. The van der Waals surface area contributed by atoms with Gasteiger partial charge in [-0.2, -0.15) is 0 Å². The third-order valence-electron chi connectivity index (χ3n) is 3.80. The average molecular weight is 336 g/mol. The van der Waals surface area contributed by atoms with Crippen molar-refractivity contribution >= 4 is 17.5 Å². The second-order valence-electron chi connectivity index (χ2n) is 5.47. The van der Waals surface area contributed by atoms with E-state index < -0.39 is 17.5 Å². The van der Waals surface area contributed by atoms with Gasteiger partial charge in [0.2, 0.25) is 5.95 Å². The zero-order valence-electron chi connectivity index (χ0n) is 12.7. The minimum atomic E-state index is -1.58. The van der Waals surface area contributed by atoms with Crippen LogP contribution in [-0.2, 0) is 0 Å². The molecule has 1 saturated heterocycles. The minimum absolute atomic E-state index is 0.0669. The van der Waals surface area contributed by atoms with Gasteiger partial charge < -0.3 is 10.2 Å². The molecule has 1 aromatic heterocycles. The van der Waals surface area contributed by atoms with Crippen LogP contribution < -0.4 is 5.32 Å². The predicted octanol–water partition coefficient (Wildman–Crippen LogP) is 3.26. The Bertz CT molecular complexity index is 763. The number of nitrogens with zero attached hydrogens (tertiary/aromatic N) is 3. The summed E-state index contributed by atoms with van der Waals surface area (Å²) in [6, 6.07) is 3.30. The van der Waals surface area contributed by atoms with Gasteiger partial charge in [0.25, 0.3) is 5.91 Å². The lowest BCUT2D eigenvalue weighted by Crippen LogP contribution is -2.36. The Kier molecular flexibility index (Phi) is 4.64. The first kappa shape index (κ1) is 16.2. The summed E-state index contributed by atoms with van der Waals surface area (Å²) in [6.45, 7) is 1.34. The fraction of sp³-hybridized carbons (Fsp3) is 0.312. The number of benzene rings is 1. The molecule has 3 rings (SSSR count). The van der Waals surface area contributed by atoms with E-state index in [1.165, 1.54) is 12.3 Å². The number of halogens is 3. The Labute approximate surface area is 136 Å². The molecule has 2 aromatic rings. The molecule has 0 spiro atoms. The number of nitrogens with one attached hydrogen (secondary N) is 1. The van der Waals surface area contributed by atoms with Gasteiger partial charge in [0.1, 0.15) is 5.69 Å². The molecule has 5 nitrogen and oxygen atoms in total. The molecular weight excluding hydrogens is 321 g/mol. The van der Waals surface area contributed by atoms with Crippen LogP contribution in [0.5, 0.6) is 0 Å².